The van der Waals surface area contributed by atoms with Crippen LogP contribution >= 0.6 is 0 Å². The Morgan fingerprint density at radius 1 is 1.15 bits per heavy atom. The lowest BCUT2D eigenvalue weighted by Gasteiger charge is -2.22. The fourth-order valence-electron chi connectivity index (χ4n) is 1.65. The molecule has 0 amide bonds. The second-order valence-electron chi connectivity index (χ2n) is 6.24. The zero-order valence-corrected chi connectivity index (χ0v) is 13.7. The van der Waals surface area contributed by atoms with Crippen LogP contribution in [0.2, 0.25) is 0 Å². The lowest BCUT2D eigenvalue weighted by atomic mass is 10.1. The summed E-state index contributed by atoms with van der Waals surface area (Å²) in [7, 11) is -3.23. The van der Waals surface area contributed by atoms with E-state index in [1.807, 2.05) is 38.1 Å². The zero-order valence-electron chi connectivity index (χ0n) is 12.9. The Hall–Kier alpha value is -1.07. The first-order chi connectivity index (χ1) is 9.03. The highest BCUT2D eigenvalue weighted by atomic mass is 32.2. The average Bonchev–Trinajstić information content (AvgIpc) is 2.26. The van der Waals surface area contributed by atoms with Crippen molar-refractivity contribution in [2.75, 3.05) is 5.75 Å². The van der Waals surface area contributed by atoms with E-state index >= 15 is 0 Å². The molecule has 114 valence electrons. The van der Waals surface area contributed by atoms with Gasteiger partial charge in [-0.3, -0.25) is 0 Å². The van der Waals surface area contributed by atoms with Gasteiger partial charge in [-0.05, 0) is 52.3 Å². The van der Waals surface area contributed by atoms with Crippen molar-refractivity contribution in [2.45, 2.75) is 51.5 Å². The van der Waals surface area contributed by atoms with Gasteiger partial charge in [-0.25, -0.2) is 8.42 Å². The molecule has 0 saturated heterocycles. The Kier molecular flexibility index (Phi) is 5.21. The molecule has 1 rings (SSSR count). The average molecular weight is 299 g/mol. The Morgan fingerprint density at radius 3 is 2.05 bits per heavy atom. The zero-order chi connectivity index (χ0) is 15.6. The van der Waals surface area contributed by atoms with Crippen molar-refractivity contribution >= 4 is 9.84 Å². The Balaban J connectivity index is 2.81. The summed E-state index contributed by atoms with van der Waals surface area (Å²) in [5.41, 5.74) is 6.81. The standard InChI is InChI=1S/C15H25NO3S/c1-11(2)19-13-8-6-12(7-9-13)14(16)10-20(17,18)15(3,4)5/h6-9,11,14H,10,16H2,1-5H3. The summed E-state index contributed by atoms with van der Waals surface area (Å²) < 4.78 is 29.0. The highest BCUT2D eigenvalue weighted by molar-refractivity contribution is 7.92. The highest BCUT2D eigenvalue weighted by Crippen LogP contribution is 2.23. The smallest absolute Gasteiger partial charge is 0.157 e. The van der Waals surface area contributed by atoms with E-state index in [2.05, 4.69) is 0 Å². The summed E-state index contributed by atoms with van der Waals surface area (Å²) >= 11 is 0. The van der Waals surface area contributed by atoms with Gasteiger partial charge in [0, 0.05) is 6.04 Å². The monoisotopic (exact) mass is 299 g/mol. The van der Waals surface area contributed by atoms with Gasteiger partial charge >= 0.3 is 0 Å². The highest BCUT2D eigenvalue weighted by Gasteiger charge is 2.31. The molecule has 0 aromatic heterocycles. The molecule has 1 atom stereocenters. The molecule has 0 saturated carbocycles. The van der Waals surface area contributed by atoms with E-state index in [1.165, 1.54) is 0 Å². The SMILES string of the molecule is CC(C)Oc1ccc(C(N)CS(=O)(=O)C(C)(C)C)cc1. The van der Waals surface area contributed by atoms with Crippen molar-refractivity contribution in [3.05, 3.63) is 29.8 Å². The van der Waals surface area contributed by atoms with Gasteiger partial charge in [0.05, 0.1) is 16.6 Å². The Bertz CT molecular complexity index is 527. The molecule has 0 aliphatic rings. The van der Waals surface area contributed by atoms with Crippen LogP contribution in [0.15, 0.2) is 24.3 Å². The van der Waals surface area contributed by atoms with Gasteiger partial charge in [0.2, 0.25) is 0 Å². The van der Waals surface area contributed by atoms with Crippen LogP contribution in [0.25, 0.3) is 0 Å². The molecule has 20 heavy (non-hydrogen) atoms. The minimum Gasteiger partial charge on any atom is -0.491 e. The predicted octanol–water partition coefficient (Wildman–Crippen LogP) is 2.69. The summed E-state index contributed by atoms with van der Waals surface area (Å²) in [6.07, 6.45) is 0.107. The van der Waals surface area contributed by atoms with Gasteiger partial charge < -0.3 is 10.5 Å². The summed E-state index contributed by atoms with van der Waals surface area (Å²) in [6.45, 7) is 8.98. The number of nitrogens with two attached hydrogens (primary N) is 1. The topological polar surface area (TPSA) is 69.4 Å². The van der Waals surface area contributed by atoms with Crippen LogP contribution < -0.4 is 10.5 Å². The van der Waals surface area contributed by atoms with Crippen LogP contribution in [0.3, 0.4) is 0 Å². The number of rotatable bonds is 5. The molecule has 1 aromatic carbocycles. The van der Waals surface area contributed by atoms with Crippen molar-refractivity contribution in [2.24, 2.45) is 5.73 Å². The third-order valence-corrected chi connectivity index (χ3v) is 5.68. The molecule has 2 N–H and O–H groups in total. The third-order valence-electron chi connectivity index (χ3n) is 3.01. The van der Waals surface area contributed by atoms with Gasteiger partial charge in [0.25, 0.3) is 0 Å². The summed E-state index contributed by atoms with van der Waals surface area (Å²) in [5, 5.41) is 0. The minimum atomic E-state index is -3.23. The first-order valence-electron chi connectivity index (χ1n) is 6.77. The van der Waals surface area contributed by atoms with Crippen molar-refractivity contribution in [3.63, 3.8) is 0 Å². The van der Waals surface area contributed by atoms with E-state index in [4.69, 9.17) is 10.5 Å². The molecule has 0 heterocycles. The second-order valence-corrected chi connectivity index (χ2v) is 9.02. The molecule has 0 radical (unpaired) electrons. The van der Waals surface area contributed by atoms with Crippen LogP contribution in [-0.4, -0.2) is 25.0 Å². The van der Waals surface area contributed by atoms with Crippen molar-refractivity contribution in [1.82, 2.24) is 0 Å². The second kappa shape index (κ2) is 6.14. The van der Waals surface area contributed by atoms with Crippen LogP contribution in [-0.2, 0) is 9.84 Å². The fraction of sp³-hybridized carbons (Fsp3) is 0.600. The summed E-state index contributed by atoms with van der Waals surface area (Å²) in [5.74, 6) is 0.704. The minimum absolute atomic E-state index is 0.0547. The lowest BCUT2D eigenvalue weighted by molar-refractivity contribution is 0.242. The number of hydrogen-bond donors (Lipinski definition) is 1. The van der Waals surface area contributed by atoms with Gasteiger partial charge in [0.15, 0.2) is 9.84 Å². The molecule has 0 fully saturated rings. The van der Waals surface area contributed by atoms with E-state index in [0.717, 1.165) is 11.3 Å². The molecule has 0 aliphatic heterocycles. The van der Waals surface area contributed by atoms with Gasteiger partial charge in [0.1, 0.15) is 5.75 Å². The maximum Gasteiger partial charge on any atom is 0.157 e. The molecule has 1 unspecified atom stereocenters. The first-order valence-corrected chi connectivity index (χ1v) is 8.42. The fourth-order valence-corrected chi connectivity index (χ4v) is 2.81. The quantitative estimate of drug-likeness (QED) is 0.907. The van der Waals surface area contributed by atoms with Gasteiger partial charge in [-0.2, -0.15) is 0 Å². The molecular formula is C15H25NO3S. The molecule has 0 aliphatic carbocycles. The van der Waals surface area contributed by atoms with Crippen LogP contribution in [0.4, 0.5) is 0 Å². The van der Waals surface area contributed by atoms with E-state index in [1.54, 1.807) is 20.8 Å². The maximum absolute atomic E-state index is 12.1. The Labute approximate surface area is 122 Å². The van der Waals surface area contributed by atoms with Crippen molar-refractivity contribution in [3.8, 4) is 5.75 Å². The first kappa shape index (κ1) is 17.0. The Morgan fingerprint density at radius 2 is 1.65 bits per heavy atom. The van der Waals surface area contributed by atoms with Gasteiger partial charge in [-0.1, -0.05) is 12.1 Å². The predicted molar refractivity (Wildman–Crippen MR) is 82.7 cm³/mol. The number of ether oxygens (including phenoxy) is 1. The number of sulfone groups is 1. The molecule has 0 spiro atoms. The van der Waals surface area contributed by atoms with Crippen LogP contribution in [0.5, 0.6) is 5.75 Å². The van der Waals surface area contributed by atoms with Crippen LogP contribution in [0, 0.1) is 0 Å². The molecule has 0 bridgehead atoms. The number of benzene rings is 1. The van der Waals surface area contributed by atoms with Gasteiger partial charge in [-0.15, -0.1) is 0 Å². The van der Waals surface area contributed by atoms with E-state index in [9.17, 15) is 8.42 Å². The molecule has 5 heteroatoms. The van der Waals surface area contributed by atoms with Crippen molar-refractivity contribution in [1.29, 1.82) is 0 Å². The lowest BCUT2D eigenvalue weighted by Crippen LogP contribution is -2.34. The van der Waals surface area contributed by atoms with Crippen molar-refractivity contribution < 1.29 is 13.2 Å². The number of hydrogen-bond acceptors (Lipinski definition) is 4. The summed E-state index contributed by atoms with van der Waals surface area (Å²) in [6, 6.07) is 6.76. The van der Waals surface area contributed by atoms with E-state index in [0.29, 0.717) is 0 Å². The van der Waals surface area contributed by atoms with Crippen LogP contribution in [0.1, 0.15) is 46.2 Å². The normalized spacial score (nSPS) is 14.3. The molecule has 4 nitrogen and oxygen atoms in total. The largest absolute Gasteiger partial charge is 0.491 e. The van der Waals surface area contributed by atoms with E-state index < -0.39 is 20.6 Å². The van der Waals surface area contributed by atoms with E-state index in [-0.39, 0.29) is 11.9 Å². The summed E-state index contributed by atoms with van der Waals surface area (Å²) in [4.78, 5) is 0. The maximum atomic E-state index is 12.1. The molecule has 1 aromatic rings. The molecular weight excluding hydrogens is 274 g/mol. The third kappa shape index (κ3) is 4.49.